The van der Waals surface area contributed by atoms with Gasteiger partial charge < -0.3 is 5.32 Å². The number of rotatable bonds is 6. The molecular formula is C17H25F2N. The Bertz CT molecular complexity index is 413. The SMILES string of the molecule is CCCNC(Cc1cc(F)ccc1F)C1CCCCC1. The highest BCUT2D eigenvalue weighted by Crippen LogP contribution is 2.28. The summed E-state index contributed by atoms with van der Waals surface area (Å²) in [6, 6.07) is 4.04. The monoisotopic (exact) mass is 281 g/mol. The van der Waals surface area contributed by atoms with Gasteiger partial charge in [0.05, 0.1) is 0 Å². The highest BCUT2D eigenvalue weighted by molar-refractivity contribution is 5.20. The van der Waals surface area contributed by atoms with Gasteiger partial charge in [-0.05, 0) is 61.9 Å². The summed E-state index contributed by atoms with van der Waals surface area (Å²) in [5.41, 5.74) is 0.504. The van der Waals surface area contributed by atoms with E-state index in [1.165, 1.54) is 50.3 Å². The van der Waals surface area contributed by atoms with Gasteiger partial charge in [-0.15, -0.1) is 0 Å². The lowest BCUT2D eigenvalue weighted by Crippen LogP contribution is -2.39. The molecule has 0 heterocycles. The van der Waals surface area contributed by atoms with Crippen molar-refractivity contribution in [2.24, 2.45) is 5.92 Å². The third-order valence-corrected chi connectivity index (χ3v) is 4.32. The van der Waals surface area contributed by atoms with E-state index in [2.05, 4.69) is 12.2 Å². The first-order valence-electron chi connectivity index (χ1n) is 7.88. The van der Waals surface area contributed by atoms with Crippen molar-refractivity contribution in [3.8, 4) is 0 Å². The molecular weight excluding hydrogens is 256 g/mol. The number of nitrogens with one attached hydrogen (secondary N) is 1. The van der Waals surface area contributed by atoms with Gasteiger partial charge in [0.1, 0.15) is 11.6 Å². The molecule has 1 atom stereocenters. The van der Waals surface area contributed by atoms with Crippen molar-refractivity contribution in [1.29, 1.82) is 0 Å². The molecule has 1 fully saturated rings. The normalized spacial score (nSPS) is 18.1. The molecule has 1 aromatic rings. The molecule has 1 aliphatic rings. The second-order valence-electron chi connectivity index (χ2n) is 5.90. The van der Waals surface area contributed by atoms with Crippen molar-refractivity contribution in [3.63, 3.8) is 0 Å². The third kappa shape index (κ3) is 4.27. The van der Waals surface area contributed by atoms with Crippen molar-refractivity contribution in [2.75, 3.05) is 6.54 Å². The first-order valence-corrected chi connectivity index (χ1v) is 7.88. The van der Waals surface area contributed by atoms with Crippen LogP contribution in [0.3, 0.4) is 0 Å². The van der Waals surface area contributed by atoms with Gasteiger partial charge in [-0.25, -0.2) is 8.78 Å². The van der Waals surface area contributed by atoms with Gasteiger partial charge in [0.25, 0.3) is 0 Å². The topological polar surface area (TPSA) is 12.0 Å². The van der Waals surface area contributed by atoms with Crippen molar-refractivity contribution in [2.45, 2.75) is 57.9 Å². The van der Waals surface area contributed by atoms with Crippen LogP contribution in [0.1, 0.15) is 51.0 Å². The molecule has 2 rings (SSSR count). The predicted octanol–water partition coefficient (Wildman–Crippen LogP) is 4.46. The van der Waals surface area contributed by atoms with Gasteiger partial charge in [0.15, 0.2) is 0 Å². The Morgan fingerprint density at radius 1 is 1.20 bits per heavy atom. The molecule has 1 aliphatic carbocycles. The average molecular weight is 281 g/mol. The van der Waals surface area contributed by atoms with Crippen molar-refractivity contribution >= 4 is 0 Å². The van der Waals surface area contributed by atoms with Gasteiger partial charge in [0, 0.05) is 6.04 Å². The van der Waals surface area contributed by atoms with Gasteiger partial charge in [-0.3, -0.25) is 0 Å². The first kappa shape index (κ1) is 15.4. The Labute approximate surface area is 120 Å². The van der Waals surface area contributed by atoms with Gasteiger partial charge in [-0.2, -0.15) is 0 Å². The molecule has 1 unspecified atom stereocenters. The zero-order valence-corrected chi connectivity index (χ0v) is 12.3. The standard InChI is InChI=1S/C17H25F2N/c1-2-10-20-17(13-6-4-3-5-7-13)12-14-11-15(18)8-9-16(14)19/h8-9,11,13,17,20H,2-7,10,12H2,1H3. The Morgan fingerprint density at radius 3 is 2.65 bits per heavy atom. The summed E-state index contributed by atoms with van der Waals surface area (Å²) in [4.78, 5) is 0. The number of hydrogen-bond donors (Lipinski definition) is 1. The van der Waals surface area contributed by atoms with E-state index in [0.29, 0.717) is 17.9 Å². The largest absolute Gasteiger partial charge is 0.313 e. The van der Waals surface area contributed by atoms with E-state index in [9.17, 15) is 8.78 Å². The zero-order valence-electron chi connectivity index (χ0n) is 12.3. The summed E-state index contributed by atoms with van der Waals surface area (Å²) in [6.45, 7) is 3.08. The van der Waals surface area contributed by atoms with Crippen LogP contribution in [0.5, 0.6) is 0 Å². The van der Waals surface area contributed by atoms with E-state index in [0.717, 1.165) is 13.0 Å². The Morgan fingerprint density at radius 2 is 1.95 bits per heavy atom. The fourth-order valence-electron chi connectivity index (χ4n) is 3.21. The summed E-state index contributed by atoms with van der Waals surface area (Å²) in [5, 5.41) is 3.55. The minimum absolute atomic E-state index is 0.270. The summed E-state index contributed by atoms with van der Waals surface area (Å²) >= 11 is 0. The highest BCUT2D eigenvalue weighted by Gasteiger charge is 2.24. The van der Waals surface area contributed by atoms with E-state index < -0.39 is 0 Å². The van der Waals surface area contributed by atoms with Gasteiger partial charge in [0.2, 0.25) is 0 Å². The van der Waals surface area contributed by atoms with Crippen LogP contribution in [-0.4, -0.2) is 12.6 Å². The van der Waals surface area contributed by atoms with Crippen LogP contribution in [0.2, 0.25) is 0 Å². The number of benzene rings is 1. The second-order valence-corrected chi connectivity index (χ2v) is 5.90. The summed E-state index contributed by atoms with van der Waals surface area (Å²) in [5.74, 6) is -0.0391. The minimum Gasteiger partial charge on any atom is -0.313 e. The van der Waals surface area contributed by atoms with E-state index in [-0.39, 0.29) is 17.7 Å². The Kier molecular flexibility index (Phi) is 5.96. The molecule has 0 radical (unpaired) electrons. The number of halogens is 2. The molecule has 1 N–H and O–H groups in total. The van der Waals surface area contributed by atoms with Crippen LogP contribution in [0, 0.1) is 17.6 Å². The smallest absolute Gasteiger partial charge is 0.126 e. The van der Waals surface area contributed by atoms with Crippen molar-refractivity contribution in [3.05, 3.63) is 35.4 Å². The van der Waals surface area contributed by atoms with Crippen molar-refractivity contribution < 1.29 is 8.78 Å². The molecule has 1 aromatic carbocycles. The molecule has 0 amide bonds. The minimum atomic E-state index is -0.348. The van der Waals surface area contributed by atoms with Crippen LogP contribution in [-0.2, 0) is 6.42 Å². The molecule has 3 heteroatoms. The van der Waals surface area contributed by atoms with Crippen molar-refractivity contribution in [1.82, 2.24) is 5.32 Å². The van der Waals surface area contributed by atoms with Gasteiger partial charge in [-0.1, -0.05) is 26.2 Å². The second kappa shape index (κ2) is 7.72. The van der Waals surface area contributed by atoms with E-state index >= 15 is 0 Å². The fourth-order valence-corrected chi connectivity index (χ4v) is 3.21. The Hall–Kier alpha value is -0.960. The average Bonchev–Trinajstić information content (AvgIpc) is 2.48. The van der Waals surface area contributed by atoms with E-state index in [1.807, 2.05) is 0 Å². The molecule has 0 bridgehead atoms. The predicted molar refractivity (Wildman–Crippen MR) is 78.7 cm³/mol. The maximum Gasteiger partial charge on any atom is 0.126 e. The molecule has 0 aromatic heterocycles. The van der Waals surface area contributed by atoms with E-state index in [1.54, 1.807) is 0 Å². The highest BCUT2D eigenvalue weighted by atomic mass is 19.1. The molecule has 0 saturated heterocycles. The van der Waals surface area contributed by atoms with Crippen LogP contribution in [0.15, 0.2) is 18.2 Å². The first-order chi connectivity index (χ1) is 9.70. The van der Waals surface area contributed by atoms with E-state index in [4.69, 9.17) is 0 Å². The van der Waals surface area contributed by atoms with Crippen LogP contribution in [0.25, 0.3) is 0 Å². The van der Waals surface area contributed by atoms with Crippen LogP contribution in [0.4, 0.5) is 8.78 Å². The van der Waals surface area contributed by atoms with Crippen LogP contribution < -0.4 is 5.32 Å². The lowest BCUT2D eigenvalue weighted by Gasteiger charge is -2.31. The maximum absolute atomic E-state index is 13.8. The lowest BCUT2D eigenvalue weighted by atomic mass is 9.81. The quantitative estimate of drug-likeness (QED) is 0.812. The van der Waals surface area contributed by atoms with Crippen LogP contribution >= 0.6 is 0 Å². The summed E-state index contributed by atoms with van der Waals surface area (Å²) in [7, 11) is 0. The molecule has 0 spiro atoms. The molecule has 112 valence electrons. The summed E-state index contributed by atoms with van der Waals surface area (Å²) in [6.07, 6.45) is 7.91. The van der Waals surface area contributed by atoms with Gasteiger partial charge >= 0.3 is 0 Å². The fraction of sp³-hybridized carbons (Fsp3) is 0.647. The summed E-state index contributed by atoms with van der Waals surface area (Å²) < 4.78 is 27.1. The molecule has 20 heavy (non-hydrogen) atoms. The molecule has 1 saturated carbocycles. The maximum atomic E-state index is 13.8. The zero-order chi connectivity index (χ0) is 14.4. The third-order valence-electron chi connectivity index (χ3n) is 4.32. The molecule has 0 aliphatic heterocycles. The lowest BCUT2D eigenvalue weighted by molar-refractivity contribution is 0.265. The Balaban J connectivity index is 2.07. The molecule has 1 nitrogen and oxygen atoms in total. The number of hydrogen-bond acceptors (Lipinski definition) is 1.